The van der Waals surface area contributed by atoms with Gasteiger partial charge in [-0.25, -0.2) is 0 Å². The van der Waals surface area contributed by atoms with E-state index in [4.69, 9.17) is 4.74 Å². The molecule has 1 aromatic heterocycles. The van der Waals surface area contributed by atoms with Crippen molar-refractivity contribution in [2.24, 2.45) is 0 Å². The second-order valence-electron chi connectivity index (χ2n) is 6.58. The third kappa shape index (κ3) is 4.79. The summed E-state index contributed by atoms with van der Waals surface area (Å²) in [5, 5.41) is 5.71. The molecule has 3 rings (SSSR count). The quantitative estimate of drug-likeness (QED) is 0.652. The molecule has 6 heteroatoms. The van der Waals surface area contributed by atoms with E-state index in [0.717, 1.165) is 23.2 Å². The van der Waals surface area contributed by atoms with Crippen LogP contribution in [-0.2, 0) is 6.42 Å². The summed E-state index contributed by atoms with van der Waals surface area (Å²) in [5.74, 6) is -0.131. The van der Waals surface area contributed by atoms with E-state index in [2.05, 4.69) is 15.6 Å². The van der Waals surface area contributed by atoms with Crippen molar-refractivity contribution >= 4 is 23.2 Å². The standard InChI is InChI=1S/C23H23N3O3/c1-4-16-7-5-6-8-19(16)25-22(27)17-12-18(14-24-13-17)23(28)26-20-11-15(2)9-10-21(20)29-3/h5-14H,4H2,1-3H3,(H,25,27)(H,26,28). The van der Waals surface area contributed by atoms with E-state index in [1.165, 1.54) is 18.5 Å². The maximum absolute atomic E-state index is 12.7. The van der Waals surface area contributed by atoms with Gasteiger partial charge in [-0.1, -0.05) is 31.2 Å². The number of anilines is 2. The number of pyridine rings is 1. The lowest BCUT2D eigenvalue weighted by molar-refractivity contribution is 0.102. The van der Waals surface area contributed by atoms with Gasteiger partial charge in [0.2, 0.25) is 0 Å². The van der Waals surface area contributed by atoms with Crippen LogP contribution in [0.3, 0.4) is 0 Å². The molecule has 2 amide bonds. The van der Waals surface area contributed by atoms with Crippen molar-refractivity contribution in [1.82, 2.24) is 4.98 Å². The first kappa shape index (κ1) is 20.1. The van der Waals surface area contributed by atoms with Crippen LogP contribution in [0.4, 0.5) is 11.4 Å². The predicted octanol–water partition coefficient (Wildman–Crippen LogP) is 4.47. The fourth-order valence-electron chi connectivity index (χ4n) is 2.95. The lowest BCUT2D eigenvalue weighted by atomic mass is 10.1. The lowest BCUT2D eigenvalue weighted by Crippen LogP contribution is -2.17. The number of amides is 2. The number of nitrogens with one attached hydrogen (secondary N) is 2. The summed E-state index contributed by atoms with van der Waals surface area (Å²) in [6, 6.07) is 14.6. The molecule has 3 aromatic rings. The Labute approximate surface area is 169 Å². The number of carbonyl (C=O) groups excluding carboxylic acids is 2. The zero-order valence-corrected chi connectivity index (χ0v) is 16.7. The number of benzene rings is 2. The highest BCUT2D eigenvalue weighted by Crippen LogP contribution is 2.26. The first-order valence-corrected chi connectivity index (χ1v) is 9.32. The minimum Gasteiger partial charge on any atom is -0.495 e. The van der Waals surface area contributed by atoms with Gasteiger partial charge in [-0.15, -0.1) is 0 Å². The third-order valence-electron chi connectivity index (χ3n) is 4.51. The number of methoxy groups -OCH3 is 1. The maximum atomic E-state index is 12.7. The van der Waals surface area contributed by atoms with Gasteiger partial charge < -0.3 is 15.4 Å². The Hall–Kier alpha value is -3.67. The Morgan fingerprint density at radius 2 is 1.59 bits per heavy atom. The minimum absolute atomic E-state index is 0.282. The molecule has 0 aliphatic carbocycles. The highest BCUT2D eigenvalue weighted by molar-refractivity contribution is 6.09. The van der Waals surface area contributed by atoms with Gasteiger partial charge in [-0.2, -0.15) is 0 Å². The molecule has 0 spiro atoms. The SMILES string of the molecule is CCc1ccccc1NC(=O)c1cncc(C(=O)Nc2cc(C)ccc2OC)c1. The summed E-state index contributed by atoms with van der Waals surface area (Å²) in [7, 11) is 1.54. The van der Waals surface area contributed by atoms with Gasteiger partial charge in [-0.05, 0) is 48.7 Å². The van der Waals surface area contributed by atoms with Crippen LogP contribution >= 0.6 is 0 Å². The smallest absolute Gasteiger partial charge is 0.257 e. The molecular formula is C23H23N3O3. The van der Waals surface area contributed by atoms with Crippen molar-refractivity contribution in [2.75, 3.05) is 17.7 Å². The first-order chi connectivity index (χ1) is 14.0. The first-order valence-electron chi connectivity index (χ1n) is 9.32. The second-order valence-corrected chi connectivity index (χ2v) is 6.58. The van der Waals surface area contributed by atoms with Crippen LogP contribution in [-0.4, -0.2) is 23.9 Å². The molecule has 0 saturated carbocycles. The summed E-state index contributed by atoms with van der Waals surface area (Å²) >= 11 is 0. The van der Waals surface area contributed by atoms with E-state index in [0.29, 0.717) is 17.0 Å². The molecule has 6 nitrogen and oxygen atoms in total. The summed E-state index contributed by atoms with van der Waals surface area (Å²) in [5.41, 5.74) is 3.92. The summed E-state index contributed by atoms with van der Waals surface area (Å²) in [6.07, 6.45) is 3.66. The Morgan fingerprint density at radius 1 is 0.931 bits per heavy atom. The predicted molar refractivity (Wildman–Crippen MR) is 114 cm³/mol. The van der Waals surface area contributed by atoms with Gasteiger partial charge in [0.1, 0.15) is 5.75 Å². The normalized spacial score (nSPS) is 10.3. The average molecular weight is 389 g/mol. The monoisotopic (exact) mass is 389 g/mol. The van der Waals surface area contributed by atoms with Crippen LogP contribution in [0.1, 0.15) is 38.8 Å². The van der Waals surface area contributed by atoms with Gasteiger partial charge in [0.25, 0.3) is 11.8 Å². The number of carbonyl (C=O) groups is 2. The molecule has 0 fully saturated rings. The molecule has 0 aliphatic heterocycles. The lowest BCUT2D eigenvalue weighted by Gasteiger charge is -2.12. The Bertz CT molecular complexity index is 1050. The number of hydrogen-bond donors (Lipinski definition) is 2. The molecule has 148 valence electrons. The summed E-state index contributed by atoms with van der Waals surface area (Å²) in [4.78, 5) is 29.4. The van der Waals surface area contributed by atoms with Crippen molar-refractivity contribution in [1.29, 1.82) is 0 Å². The van der Waals surface area contributed by atoms with Crippen LogP contribution < -0.4 is 15.4 Å². The fourth-order valence-corrected chi connectivity index (χ4v) is 2.95. The Balaban J connectivity index is 1.79. The van der Waals surface area contributed by atoms with Crippen molar-refractivity contribution in [2.45, 2.75) is 20.3 Å². The molecule has 0 bridgehead atoms. The van der Waals surface area contributed by atoms with E-state index in [1.807, 2.05) is 50.2 Å². The van der Waals surface area contributed by atoms with E-state index < -0.39 is 0 Å². The van der Waals surface area contributed by atoms with E-state index in [9.17, 15) is 9.59 Å². The zero-order chi connectivity index (χ0) is 20.8. The Kier molecular flexibility index (Phi) is 6.24. The zero-order valence-electron chi connectivity index (χ0n) is 16.7. The van der Waals surface area contributed by atoms with Crippen molar-refractivity contribution in [3.8, 4) is 5.75 Å². The molecule has 2 aromatic carbocycles. The third-order valence-corrected chi connectivity index (χ3v) is 4.51. The van der Waals surface area contributed by atoms with E-state index in [-0.39, 0.29) is 17.4 Å². The van der Waals surface area contributed by atoms with Crippen LogP contribution in [0.15, 0.2) is 60.9 Å². The number of aromatic nitrogens is 1. The molecule has 0 radical (unpaired) electrons. The molecular weight excluding hydrogens is 366 g/mol. The van der Waals surface area contributed by atoms with Gasteiger partial charge in [-0.3, -0.25) is 14.6 Å². The number of aryl methyl sites for hydroxylation is 2. The topological polar surface area (TPSA) is 80.3 Å². The molecule has 0 aliphatic rings. The number of hydrogen-bond acceptors (Lipinski definition) is 4. The average Bonchev–Trinajstić information content (AvgIpc) is 2.74. The van der Waals surface area contributed by atoms with Crippen molar-refractivity contribution < 1.29 is 14.3 Å². The van der Waals surface area contributed by atoms with Gasteiger partial charge >= 0.3 is 0 Å². The van der Waals surface area contributed by atoms with E-state index >= 15 is 0 Å². The number of para-hydroxylation sites is 1. The van der Waals surface area contributed by atoms with Crippen LogP contribution in [0.5, 0.6) is 5.75 Å². The molecule has 0 saturated heterocycles. The van der Waals surface area contributed by atoms with Crippen LogP contribution in [0.2, 0.25) is 0 Å². The number of ether oxygens (including phenoxy) is 1. The highest BCUT2D eigenvalue weighted by atomic mass is 16.5. The highest BCUT2D eigenvalue weighted by Gasteiger charge is 2.14. The molecule has 1 heterocycles. The minimum atomic E-state index is -0.370. The van der Waals surface area contributed by atoms with Gasteiger partial charge in [0.05, 0.1) is 23.9 Å². The van der Waals surface area contributed by atoms with Crippen LogP contribution in [0.25, 0.3) is 0 Å². The number of rotatable bonds is 6. The molecule has 0 unspecified atom stereocenters. The second kappa shape index (κ2) is 9.01. The van der Waals surface area contributed by atoms with E-state index in [1.54, 1.807) is 13.2 Å². The number of nitrogens with zero attached hydrogens (tertiary/aromatic N) is 1. The van der Waals surface area contributed by atoms with Crippen molar-refractivity contribution in [3.63, 3.8) is 0 Å². The Morgan fingerprint density at radius 3 is 2.24 bits per heavy atom. The maximum Gasteiger partial charge on any atom is 0.257 e. The fraction of sp³-hybridized carbons (Fsp3) is 0.174. The van der Waals surface area contributed by atoms with Crippen molar-refractivity contribution in [3.05, 3.63) is 83.2 Å². The summed E-state index contributed by atoms with van der Waals surface area (Å²) in [6.45, 7) is 3.95. The largest absolute Gasteiger partial charge is 0.495 e. The molecule has 2 N–H and O–H groups in total. The summed E-state index contributed by atoms with van der Waals surface area (Å²) < 4.78 is 5.29. The van der Waals surface area contributed by atoms with Gasteiger partial charge in [0, 0.05) is 18.1 Å². The van der Waals surface area contributed by atoms with Gasteiger partial charge in [0.15, 0.2) is 0 Å². The molecule has 0 atom stereocenters. The van der Waals surface area contributed by atoms with Crippen LogP contribution in [0, 0.1) is 6.92 Å². The molecule has 29 heavy (non-hydrogen) atoms.